The Bertz CT molecular complexity index is 761. The summed E-state index contributed by atoms with van der Waals surface area (Å²) in [7, 11) is 0. The maximum Gasteiger partial charge on any atom is 0.316 e. The number of hydrogen-bond acceptors (Lipinski definition) is 4. The number of anilines is 1. The molecule has 0 fully saturated rings. The van der Waals surface area contributed by atoms with Crippen LogP contribution in [0.3, 0.4) is 0 Å². The molecule has 0 spiro atoms. The van der Waals surface area contributed by atoms with E-state index in [1.54, 1.807) is 43.3 Å². The van der Waals surface area contributed by atoms with Crippen molar-refractivity contribution < 1.29 is 19.4 Å². The minimum absolute atomic E-state index is 0.135. The number of carboxylic acid groups (broad SMARTS) is 1. The molecule has 2 unspecified atom stereocenters. The number of carboxylic acids is 1. The highest BCUT2D eigenvalue weighted by molar-refractivity contribution is 8.00. The molecule has 0 radical (unpaired) electrons. The van der Waals surface area contributed by atoms with Crippen LogP contribution in [0.25, 0.3) is 0 Å². The summed E-state index contributed by atoms with van der Waals surface area (Å²) >= 11 is 1.15. The number of rotatable bonds is 8. The highest BCUT2D eigenvalue weighted by Gasteiger charge is 2.18. The second-order valence-electron chi connectivity index (χ2n) is 5.91. The van der Waals surface area contributed by atoms with Gasteiger partial charge in [-0.3, -0.25) is 9.59 Å². The Kier molecular flexibility index (Phi) is 7.09. The van der Waals surface area contributed by atoms with Gasteiger partial charge in [-0.15, -0.1) is 11.8 Å². The van der Waals surface area contributed by atoms with Crippen LogP contribution in [0.1, 0.15) is 37.6 Å². The molecule has 0 aliphatic carbocycles. The van der Waals surface area contributed by atoms with Crippen LogP contribution in [0, 0.1) is 0 Å². The maximum absolute atomic E-state index is 12.6. The van der Waals surface area contributed by atoms with Crippen LogP contribution < -0.4 is 10.1 Å². The molecule has 5 nitrogen and oxygen atoms in total. The zero-order chi connectivity index (χ0) is 19.1. The standard InChI is InChI=1S/C20H23NO4S/c1-4-13(2)25-16-11-9-15(10-12-16)21-19(22)17-7-5-6-8-18(17)26-14(3)20(23)24/h5-14H,4H2,1-3H3,(H,21,22)(H,23,24). The number of thioether (sulfide) groups is 1. The van der Waals surface area contributed by atoms with Gasteiger partial charge in [0, 0.05) is 10.6 Å². The maximum atomic E-state index is 12.6. The fourth-order valence-electron chi connectivity index (χ4n) is 2.13. The van der Waals surface area contributed by atoms with Gasteiger partial charge in [-0.05, 0) is 56.7 Å². The van der Waals surface area contributed by atoms with Gasteiger partial charge in [0.25, 0.3) is 5.91 Å². The van der Waals surface area contributed by atoms with E-state index in [0.717, 1.165) is 23.9 Å². The summed E-state index contributed by atoms with van der Waals surface area (Å²) in [5.74, 6) is -0.438. The molecule has 0 aliphatic rings. The van der Waals surface area contributed by atoms with E-state index in [1.165, 1.54) is 0 Å². The lowest BCUT2D eigenvalue weighted by molar-refractivity contribution is -0.136. The Balaban J connectivity index is 2.09. The lowest BCUT2D eigenvalue weighted by Crippen LogP contribution is -2.15. The number of aliphatic carboxylic acids is 1. The van der Waals surface area contributed by atoms with Gasteiger partial charge in [0.05, 0.1) is 11.7 Å². The summed E-state index contributed by atoms with van der Waals surface area (Å²) in [4.78, 5) is 24.3. The molecule has 0 aliphatic heterocycles. The van der Waals surface area contributed by atoms with Crippen molar-refractivity contribution >= 4 is 29.3 Å². The van der Waals surface area contributed by atoms with Gasteiger partial charge in [0.15, 0.2) is 0 Å². The second kappa shape index (κ2) is 9.29. The molecule has 0 aromatic heterocycles. The quantitative estimate of drug-likeness (QED) is 0.657. The molecule has 138 valence electrons. The van der Waals surface area contributed by atoms with E-state index in [0.29, 0.717) is 16.1 Å². The molecule has 2 rings (SSSR count). The van der Waals surface area contributed by atoms with Crippen LogP contribution in [0.15, 0.2) is 53.4 Å². The molecule has 2 N–H and O–H groups in total. The Morgan fingerprint density at radius 2 is 1.77 bits per heavy atom. The van der Waals surface area contributed by atoms with Crippen LogP contribution in [0.2, 0.25) is 0 Å². The van der Waals surface area contributed by atoms with Crippen molar-refractivity contribution in [1.29, 1.82) is 0 Å². The van der Waals surface area contributed by atoms with Crippen LogP contribution >= 0.6 is 11.8 Å². The minimum Gasteiger partial charge on any atom is -0.491 e. The van der Waals surface area contributed by atoms with E-state index in [4.69, 9.17) is 9.84 Å². The molecule has 0 saturated carbocycles. The lowest BCUT2D eigenvalue weighted by Gasteiger charge is -2.14. The zero-order valence-corrected chi connectivity index (χ0v) is 15.9. The third kappa shape index (κ3) is 5.52. The molecular weight excluding hydrogens is 350 g/mol. The summed E-state index contributed by atoms with van der Waals surface area (Å²) < 4.78 is 5.72. The van der Waals surface area contributed by atoms with Crippen LogP contribution in [0.5, 0.6) is 5.75 Å². The van der Waals surface area contributed by atoms with Gasteiger partial charge in [0.2, 0.25) is 0 Å². The average Bonchev–Trinajstić information content (AvgIpc) is 2.63. The molecule has 0 heterocycles. The van der Waals surface area contributed by atoms with Gasteiger partial charge in [-0.25, -0.2) is 0 Å². The molecule has 2 atom stereocenters. The highest BCUT2D eigenvalue weighted by Crippen LogP contribution is 2.28. The van der Waals surface area contributed by atoms with E-state index in [9.17, 15) is 9.59 Å². The smallest absolute Gasteiger partial charge is 0.316 e. The predicted octanol–water partition coefficient (Wildman–Crippen LogP) is 4.68. The Hall–Kier alpha value is -2.47. The molecular formula is C20H23NO4S. The van der Waals surface area contributed by atoms with Gasteiger partial charge in [-0.1, -0.05) is 19.1 Å². The highest BCUT2D eigenvalue weighted by atomic mass is 32.2. The number of amides is 1. The Morgan fingerprint density at radius 1 is 1.12 bits per heavy atom. The zero-order valence-electron chi connectivity index (χ0n) is 15.1. The van der Waals surface area contributed by atoms with Crippen molar-refractivity contribution in [2.45, 2.75) is 43.4 Å². The van der Waals surface area contributed by atoms with Crippen molar-refractivity contribution in [3.63, 3.8) is 0 Å². The van der Waals surface area contributed by atoms with Crippen molar-refractivity contribution in [2.24, 2.45) is 0 Å². The first-order valence-electron chi connectivity index (χ1n) is 8.47. The number of nitrogens with one attached hydrogen (secondary N) is 1. The minimum atomic E-state index is -0.915. The number of hydrogen-bond donors (Lipinski definition) is 2. The topological polar surface area (TPSA) is 75.6 Å². The van der Waals surface area contributed by atoms with Gasteiger partial charge >= 0.3 is 5.97 Å². The third-order valence-corrected chi connectivity index (χ3v) is 4.97. The molecule has 0 bridgehead atoms. The predicted molar refractivity (Wildman–Crippen MR) is 104 cm³/mol. The lowest BCUT2D eigenvalue weighted by atomic mass is 10.2. The molecule has 1 amide bonds. The summed E-state index contributed by atoms with van der Waals surface area (Å²) in [5.41, 5.74) is 1.10. The summed E-state index contributed by atoms with van der Waals surface area (Å²) in [6, 6.07) is 14.2. The molecule has 2 aromatic rings. The number of carbonyl (C=O) groups is 2. The number of carbonyl (C=O) groups excluding carboxylic acids is 1. The number of benzene rings is 2. The van der Waals surface area contributed by atoms with E-state index < -0.39 is 11.2 Å². The van der Waals surface area contributed by atoms with Gasteiger partial charge in [-0.2, -0.15) is 0 Å². The molecule has 26 heavy (non-hydrogen) atoms. The molecule has 0 saturated heterocycles. The first kappa shape index (κ1) is 19.8. The largest absolute Gasteiger partial charge is 0.491 e. The Morgan fingerprint density at radius 3 is 2.38 bits per heavy atom. The van der Waals surface area contributed by atoms with E-state index in [-0.39, 0.29) is 12.0 Å². The fraction of sp³-hybridized carbons (Fsp3) is 0.300. The first-order valence-corrected chi connectivity index (χ1v) is 9.35. The van der Waals surface area contributed by atoms with Crippen molar-refractivity contribution in [3.8, 4) is 5.75 Å². The normalized spacial score (nSPS) is 12.9. The number of ether oxygens (including phenoxy) is 1. The molecule has 2 aromatic carbocycles. The summed E-state index contributed by atoms with van der Waals surface area (Å²) in [6.07, 6.45) is 1.05. The van der Waals surface area contributed by atoms with Crippen LogP contribution in [0.4, 0.5) is 5.69 Å². The van der Waals surface area contributed by atoms with E-state index >= 15 is 0 Å². The summed E-state index contributed by atoms with van der Waals surface area (Å²) in [5, 5.41) is 11.3. The van der Waals surface area contributed by atoms with Crippen LogP contribution in [-0.4, -0.2) is 28.3 Å². The summed E-state index contributed by atoms with van der Waals surface area (Å²) in [6.45, 7) is 5.65. The van der Waals surface area contributed by atoms with Gasteiger partial charge < -0.3 is 15.2 Å². The fourth-order valence-corrected chi connectivity index (χ4v) is 3.06. The Labute approximate surface area is 157 Å². The van der Waals surface area contributed by atoms with Crippen molar-refractivity contribution in [3.05, 3.63) is 54.1 Å². The van der Waals surface area contributed by atoms with Crippen molar-refractivity contribution in [2.75, 3.05) is 5.32 Å². The third-order valence-electron chi connectivity index (χ3n) is 3.81. The van der Waals surface area contributed by atoms with E-state index in [2.05, 4.69) is 12.2 Å². The van der Waals surface area contributed by atoms with Crippen LogP contribution in [-0.2, 0) is 4.79 Å². The van der Waals surface area contributed by atoms with Crippen molar-refractivity contribution in [1.82, 2.24) is 0 Å². The average molecular weight is 373 g/mol. The second-order valence-corrected chi connectivity index (χ2v) is 7.29. The monoisotopic (exact) mass is 373 g/mol. The van der Waals surface area contributed by atoms with E-state index in [1.807, 2.05) is 19.1 Å². The van der Waals surface area contributed by atoms with Gasteiger partial charge in [0.1, 0.15) is 11.0 Å². The molecule has 6 heteroatoms. The SMILES string of the molecule is CCC(C)Oc1ccc(NC(=O)c2ccccc2SC(C)C(=O)O)cc1. The first-order chi connectivity index (χ1) is 12.4.